The van der Waals surface area contributed by atoms with Crippen LogP contribution >= 0.6 is 11.3 Å². The fourth-order valence-corrected chi connectivity index (χ4v) is 4.35. The summed E-state index contributed by atoms with van der Waals surface area (Å²) in [6, 6.07) is 6.07. The highest BCUT2D eigenvalue weighted by Gasteiger charge is 2.27. The summed E-state index contributed by atoms with van der Waals surface area (Å²) in [5.41, 5.74) is 1.26. The van der Waals surface area contributed by atoms with Gasteiger partial charge < -0.3 is 10.1 Å². The molecule has 0 saturated heterocycles. The van der Waals surface area contributed by atoms with E-state index in [1.807, 2.05) is 0 Å². The van der Waals surface area contributed by atoms with Crippen molar-refractivity contribution >= 4 is 23.2 Å². The standard InChI is InChI=1S/C21H25FN2O3S/c1-12-6-4-5-7-17(12)24-19(25)14(3)27-21(26)18-13(2)23-20(28-18)15-8-10-16(22)11-9-15/h8-12,14,17H,4-7H2,1-3H3,(H,24,25). The molecule has 1 N–H and O–H groups in total. The summed E-state index contributed by atoms with van der Waals surface area (Å²) < 4.78 is 18.5. The predicted molar refractivity (Wildman–Crippen MR) is 107 cm³/mol. The summed E-state index contributed by atoms with van der Waals surface area (Å²) in [4.78, 5) is 29.7. The molecule has 1 aromatic carbocycles. The van der Waals surface area contributed by atoms with Gasteiger partial charge in [0.05, 0.1) is 5.69 Å². The number of esters is 1. The molecule has 1 aliphatic carbocycles. The first-order valence-corrected chi connectivity index (χ1v) is 10.4. The van der Waals surface area contributed by atoms with Crippen LogP contribution in [-0.2, 0) is 9.53 Å². The van der Waals surface area contributed by atoms with Crippen molar-refractivity contribution in [3.63, 3.8) is 0 Å². The van der Waals surface area contributed by atoms with Crippen LogP contribution in [0, 0.1) is 18.7 Å². The quantitative estimate of drug-likeness (QED) is 0.745. The molecule has 1 heterocycles. The topological polar surface area (TPSA) is 68.3 Å². The van der Waals surface area contributed by atoms with E-state index in [-0.39, 0.29) is 17.8 Å². The van der Waals surface area contributed by atoms with E-state index in [0.29, 0.717) is 21.5 Å². The first-order valence-electron chi connectivity index (χ1n) is 9.60. The second-order valence-corrected chi connectivity index (χ2v) is 8.36. The van der Waals surface area contributed by atoms with Gasteiger partial charge in [0.2, 0.25) is 0 Å². The number of ether oxygens (including phenoxy) is 1. The minimum atomic E-state index is -0.877. The van der Waals surface area contributed by atoms with Crippen molar-refractivity contribution in [3.05, 3.63) is 40.7 Å². The van der Waals surface area contributed by atoms with Crippen molar-refractivity contribution in [2.45, 2.75) is 58.6 Å². The lowest BCUT2D eigenvalue weighted by Gasteiger charge is -2.30. The van der Waals surface area contributed by atoms with Gasteiger partial charge in [-0.3, -0.25) is 4.79 Å². The van der Waals surface area contributed by atoms with Crippen LogP contribution in [0.15, 0.2) is 24.3 Å². The number of aryl methyl sites for hydroxylation is 1. The fraction of sp³-hybridized carbons (Fsp3) is 0.476. The number of nitrogens with zero attached hydrogens (tertiary/aromatic N) is 1. The first-order chi connectivity index (χ1) is 13.3. The molecule has 3 atom stereocenters. The zero-order chi connectivity index (χ0) is 20.3. The van der Waals surface area contributed by atoms with Crippen LogP contribution in [0.25, 0.3) is 10.6 Å². The highest BCUT2D eigenvalue weighted by Crippen LogP contribution is 2.29. The summed E-state index contributed by atoms with van der Waals surface area (Å²) in [5.74, 6) is -0.734. The number of aromatic nitrogens is 1. The highest BCUT2D eigenvalue weighted by atomic mass is 32.1. The van der Waals surface area contributed by atoms with Crippen molar-refractivity contribution in [1.82, 2.24) is 10.3 Å². The lowest BCUT2D eigenvalue weighted by atomic mass is 9.86. The van der Waals surface area contributed by atoms with Crippen LogP contribution < -0.4 is 5.32 Å². The van der Waals surface area contributed by atoms with Gasteiger partial charge in [-0.2, -0.15) is 0 Å². The Kier molecular flexibility index (Phi) is 6.44. The number of halogens is 1. The predicted octanol–water partition coefficient (Wildman–Crippen LogP) is 4.50. The van der Waals surface area contributed by atoms with E-state index in [4.69, 9.17) is 4.74 Å². The molecule has 3 rings (SSSR count). The molecule has 28 heavy (non-hydrogen) atoms. The van der Waals surface area contributed by atoms with Gasteiger partial charge >= 0.3 is 5.97 Å². The Bertz CT molecular complexity index is 850. The number of benzene rings is 1. The Balaban J connectivity index is 1.63. The van der Waals surface area contributed by atoms with Crippen LogP contribution in [0.2, 0.25) is 0 Å². The summed E-state index contributed by atoms with van der Waals surface area (Å²) in [6.07, 6.45) is 3.49. The second-order valence-electron chi connectivity index (χ2n) is 7.36. The minimum absolute atomic E-state index is 0.137. The number of carbonyl (C=O) groups excluding carboxylic acids is 2. The van der Waals surface area contributed by atoms with Gasteiger partial charge in [0.15, 0.2) is 6.10 Å². The van der Waals surface area contributed by atoms with Crippen molar-refractivity contribution < 1.29 is 18.7 Å². The summed E-state index contributed by atoms with van der Waals surface area (Å²) in [6.45, 7) is 5.44. The first kappa shape index (κ1) is 20.5. The highest BCUT2D eigenvalue weighted by molar-refractivity contribution is 7.17. The third kappa shape index (κ3) is 4.76. The number of thiazole rings is 1. The van der Waals surface area contributed by atoms with E-state index >= 15 is 0 Å². The third-order valence-corrected chi connectivity index (χ3v) is 6.35. The molecule has 0 radical (unpaired) electrons. The van der Waals surface area contributed by atoms with E-state index in [2.05, 4.69) is 17.2 Å². The van der Waals surface area contributed by atoms with Crippen LogP contribution in [0.3, 0.4) is 0 Å². The van der Waals surface area contributed by atoms with Crippen molar-refractivity contribution in [2.24, 2.45) is 5.92 Å². The van der Waals surface area contributed by atoms with Gasteiger partial charge in [-0.25, -0.2) is 14.2 Å². The number of rotatable bonds is 5. The Morgan fingerprint density at radius 3 is 2.61 bits per heavy atom. The Hall–Kier alpha value is -2.28. The van der Waals surface area contributed by atoms with Crippen LogP contribution in [0.1, 0.15) is 54.9 Å². The Morgan fingerprint density at radius 1 is 1.25 bits per heavy atom. The second kappa shape index (κ2) is 8.82. The van der Waals surface area contributed by atoms with Gasteiger partial charge in [0, 0.05) is 11.6 Å². The molecular formula is C21H25FN2O3S. The van der Waals surface area contributed by atoms with E-state index in [0.717, 1.165) is 24.8 Å². The van der Waals surface area contributed by atoms with Crippen molar-refractivity contribution in [1.29, 1.82) is 0 Å². The summed E-state index contributed by atoms with van der Waals surface area (Å²) >= 11 is 1.18. The molecule has 1 amide bonds. The maximum Gasteiger partial charge on any atom is 0.351 e. The Labute approximate surface area is 168 Å². The smallest absolute Gasteiger partial charge is 0.351 e. The number of hydrogen-bond donors (Lipinski definition) is 1. The third-order valence-electron chi connectivity index (χ3n) is 5.17. The monoisotopic (exact) mass is 404 g/mol. The van der Waals surface area contributed by atoms with E-state index < -0.39 is 12.1 Å². The van der Waals surface area contributed by atoms with Crippen LogP contribution in [-0.4, -0.2) is 29.0 Å². The molecule has 1 fully saturated rings. The number of amides is 1. The molecule has 3 unspecified atom stereocenters. The van der Waals surface area contributed by atoms with Gasteiger partial charge in [-0.15, -0.1) is 11.3 Å². The molecule has 0 aliphatic heterocycles. The zero-order valence-corrected chi connectivity index (χ0v) is 17.1. The Morgan fingerprint density at radius 2 is 1.93 bits per heavy atom. The summed E-state index contributed by atoms with van der Waals surface area (Å²) in [5, 5.41) is 3.62. The van der Waals surface area contributed by atoms with Gasteiger partial charge in [0.1, 0.15) is 15.7 Å². The number of nitrogens with one attached hydrogen (secondary N) is 1. The molecule has 7 heteroatoms. The van der Waals surface area contributed by atoms with Gasteiger partial charge in [-0.1, -0.05) is 19.8 Å². The molecule has 0 bridgehead atoms. The lowest BCUT2D eigenvalue weighted by molar-refractivity contribution is -0.130. The van der Waals surface area contributed by atoms with E-state index in [9.17, 15) is 14.0 Å². The van der Waals surface area contributed by atoms with Gasteiger partial charge in [0.25, 0.3) is 5.91 Å². The maximum absolute atomic E-state index is 13.1. The van der Waals surface area contributed by atoms with E-state index in [1.165, 1.54) is 29.9 Å². The maximum atomic E-state index is 13.1. The number of hydrogen-bond acceptors (Lipinski definition) is 5. The zero-order valence-electron chi connectivity index (χ0n) is 16.3. The fourth-order valence-electron chi connectivity index (χ4n) is 3.40. The normalized spacial score (nSPS) is 20.4. The molecule has 1 aliphatic rings. The molecule has 0 spiro atoms. The van der Waals surface area contributed by atoms with Gasteiger partial charge in [-0.05, 0) is 56.9 Å². The average molecular weight is 405 g/mol. The van der Waals surface area contributed by atoms with Crippen LogP contribution in [0.4, 0.5) is 4.39 Å². The molecular weight excluding hydrogens is 379 g/mol. The SMILES string of the molecule is Cc1nc(-c2ccc(F)cc2)sc1C(=O)OC(C)C(=O)NC1CCCCC1C. The molecule has 150 valence electrons. The average Bonchev–Trinajstić information content (AvgIpc) is 3.06. The minimum Gasteiger partial charge on any atom is -0.448 e. The molecule has 2 aromatic rings. The molecule has 1 aromatic heterocycles. The van der Waals surface area contributed by atoms with E-state index in [1.54, 1.807) is 26.0 Å². The van der Waals surface area contributed by atoms with Crippen molar-refractivity contribution in [3.8, 4) is 10.6 Å². The summed E-state index contributed by atoms with van der Waals surface area (Å²) in [7, 11) is 0. The van der Waals surface area contributed by atoms with Crippen LogP contribution in [0.5, 0.6) is 0 Å². The number of carbonyl (C=O) groups is 2. The van der Waals surface area contributed by atoms with Crippen molar-refractivity contribution in [2.75, 3.05) is 0 Å². The molecule has 5 nitrogen and oxygen atoms in total. The largest absolute Gasteiger partial charge is 0.448 e. The lowest BCUT2D eigenvalue weighted by Crippen LogP contribution is -2.45. The molecule has 1 saturated carbocycles.